The van der Waals surface area contributed by atoms with Gasteiger partial charge in [0.25, 0.3) is 0 Å². The molecule has 1 aliphatic heterocycles. The lowest BCUT2D eigenvalue weighted by Crippen LogP contribution is -2.48. The molecule has 0 radical (unpaired) electrons. The Bertz CT molecular complexity index is 439. The first-order valence-corrected chi connectivity index (χ1v) is 6.77. The van der Waals surface area contributed by atoms with Crippen LogP contribution in [0, 0.1) is 0 Å². The third kappa shape index (κ3) is 2.90. The van der Waals surface area contributed by atoms with E-state index in [1.54, 1.807) is 0 Å². The number of hydrogen-bond donors (Lipinski definition) is 2. The van der Waals surface area contributed by atoms with Crippen molar-refractivity contribution >= 4 is 33.5 Å². The fourth-order valence-electron chi connectivity index (χ4n) is 1.77. The molecule has 2 N–H and O–H groups in total. The average Bonchev–Trinajstić information content (AvgIpc) is 2.37. The second-order valence-corrected chi connectivity index (χ2v) is 4.85. The molecule has 1 aromatic heterocycles. The SMILES string of the molecule is CCCNc1ncnc(N2CCNC(=O)C2)c1Br. The van der Waals surface area contributed by atoms with Gasteiger partial charge >= 0.3 is 0 Å². The highest BCUT2D eigenvalue weighted by molar-refractivity contribution is 9.10. The average molecular weight is 314 g/mol. The van der Waals surface area contributed by atoms with Gasteiger partial charge in [-0.1, -0.05) is 6.92 Å². The number of halogens is 1. The van der Waals surface area contributed by atoms with Gasteiger partial charge in [0, 0.05) is 19.6 Å². The summed E-state index contributed by atoms with van der Waals surface area (Å²) < 4.78 is 0.813. The summed E-state index contributed by atoms with van der Waals surface area (Å²) in [6.45, 7) is 4.69. The van der Waals surface area contributed by atoms with Crippen molar-refractivity contribution < 1.29 is 4.79 Å². The Labute approximate surface area is 114 Å². The van der Waals surface area contributed by atoms with E-state index in [0.29, 0.717) is 13.1 Å². The van der Waals surface area contributed by atoms with Gasteiger partial charge in [0.05, 0.1) is 6.54 Å². The Kier molecular flexibility index (Phi) is 4.35. The Morgan fingerprint density at radius 1 is 1.56 bits per heavy atom. The second kappa shape index (κ2) is 5.99. The van der Waals surface area contributed by atoms with Crippen molar-refractivity contribution in [3.63, 3.8) is 0 Å². The second-order valence-electron chi connectivity index (χ2n) is 4.06. The number of carbonyl (C=O) groups is 1. The van der Waals surface area contributed by atoms with Gasteiger partial charge in [-0.25, -0.2) is 9.97 Å². The molecule has 0 bridgehead atoms. The fourth-order valence-corrected chi connectivity index (χ4v) is 2.36. The molecule has 0 unspecified atom stereocenters. The summed E-state index contributed by atoms with van der Waals surface area (Å²) in [6, 6.07) is 0. The van der Waals surface area contributed by atoms with Crippen molar-refractivity contribution in [3.05, 3.63) is 10.8 Å². The van der Waals surface area contributed by atoms with Crippen LogP contribution in [0.3, 0.4) is 0 Å². The zero-order valence-electron chi connectivity index (χ0n) is 10.2. The molecule has 1 fully saturated rings. The summed E-state index contributed by atoms with van der Waals surface area (Å²) in [5.74, 6) is 1.56. The van der Waals surface area contributed by atoms with Crippen LogP contribution in [0.25, 0.3) is 0 Å². The molecule has 0 aromatic carbocycles. The Balaban J connectivity index is 2.19. The van der Waals surface area contributed by atoms with Gasteiger partial charge < -0.3 is 15.5 Å². The first-order valence-electron chi connectivity index (χ1n) is 5.98. The van der Waals surface area contributed by atoms with Crippen molar-refractivity contribution in [2.45, 2.75) is 13.3 Å². The molecule has 2 heterocycles. The molecule has 1 aromatic rings. The van der Waals surface area contributed by atoms with Gasteiger partial charge in [0.2, 0.25) is 5.91 Å². The van der Waals surface area contributed by atoms with Crippen molar-refractivity contribution in [1.82, 2.24) is 15.3 Å². The minimum Gasteiger partial charge on any atom is -0.369 e. The predicted molar refractivity (Wildman–Crippen MR) is 73.7 cm³/mol. The number of hydrogen-bond acceptors (Lipinski definition) is 5. The summed E-state index contributed by atoms with van der Waals surface area (Å²) in [4.78, 5) is 21.8. The van der Waals surface area contributed by atoms with Crippen LogP contribution in [-0.2, 0) is 4.79 Å². The highest BCUT2D eigenvalue weighted by atomic mass is 79.9. The van der Waals surface area contributed by atoms with Crippen molar-refractivity contribution in [1.29, 1.82) is 0 Å². The molecule has 1 aliphatic rings. The van der Waals surface area contributed by atoms with Gasteiger partial charge in [0.15, 0.2) is 0 Å². The van der Waals surface area contributed by atoms with E-state index in [4.69, 9.17) is 0 Å². The number of nitrogens with one attached hydrogen (secondary N) is 2. The number of amides is 1. The quantitative estimate of drug-likeness (QED) is 0.867. The van der Waals surface area contributed by atoms with Crippen molar-refractivity contribution in [2.75, 3.05) is 36.4 Å². The standard InChI is InChI=1S/C11H16BrN5O/c1-2-3-14-10-9(12)11(16-7-15-10)17-5-4-13-8(18)6-17/h7H,2-6H2,1H3,(H,13,18)(H,14,15,16). The first-order chi connectivity index (χ1) is 8.72. The van der Waals surface area contributed by atoms with Gasteiger partial charge in [-0.3, -0.25) is 4.79 Å². The van der Waals surface area contributed by atoms with E-state index in [1.807, 2.05) is 4.90 Å². The number of anilines is 2. The summed E-state index contributed by atoms with van der Waals surface area (Å²) in [5.41, 5.74) is 0. The third-order valence-electron chi connectivity index (χ3n) is 2.65. The first kappa shape index (κ1) is 13.1. The molecule has 98 valence electrons. The zero-order valence-corrected chi connectivity index (χ0v) is 11.8. The maximum atomic E-state index is 11.4. The van der Waals surface area contributed by atoms with Crippen LogP contribution >= 0.6 is 15.9 Å². The van der Waals surface area contributed by atoms with E-state index < -0.39 is 0 Å². The van der Waals surface area contributed by atoms with Crippen LogP contribution in [0.4, 0.5) is 11.6 Å². The topological polar surface area (TPSA) is 70.2 Å². The predicted octanol–water partition coefficient (Wildman–Crippen LogP) is 0.997. The minimum atomic E-state index is 0.0230. The molecule has 0 spiro atoms. The molecule has 6 nitrogen and oxygen atoms in total. The number of carbonyl (C=O) groups excluding carboxylic acids is 1. The van der Waals surface area contributed by atoms with E-state index in [1.165, 1.54) is 6.33 Å². The van der Waals surface area contributed by atoms with E-state index in [0.717, 1.165) is 35.6 Å². The molecule has 1 amide bonds. The summed E-state index contributed by atoms with van der Waals surface area (Å²) >= 11 is 3.51. The minimum absolute atomic E-state index is 0.0230. The highest BCUT2D eigenvalue weighted by Crippen LogP contribution is 2.29. The Morgan fingerprint density at radius 3 is 3.11 bits per heavy atom. The number of piperazine rings is 1. The molecule has 7 heteroatoms. The van der Waals surface area contributed by atoms with Crippen LogP contribution in [-0.4, -0.2) is 42.1 Å². The Morgan fingerprint density at radius 2 is 2.39 bits per heavy atom. The molecule has 1 saturated heterocycles. The maximum Gasteiger partial charge on any atom is 0.239 e. The number of rotatable bonds is 4. The van der Waals surface area contributed by atoms with Crippen molar-refractivity contribution in [2.24, 2.45) is 0 Å². The molecule has 0 saturated carbocycles. The van der Waals surface area contributed by atoms with Gasteiger partial charge in [-0.2, -0.15) is 0 Å². The molecular formula is C11H16BrN5O. The van der Waals surface area contributed by atoms with E-state index in [2.05, 4.69) is 43.5 Å². The smallest absolute Gasteiger partial charge is 0.239 e. The summed E-state index contributed by atoms with van der Waals surface area (Å²) in [5, 5.41) is 6.02. The molecular weight excluding hydrogens is 298 g/mol. The summed E-state index contributed by atoms with van der Waals surface area (Å²) in [6.07, 6.45) is 2.54. The molecule has 2 rings (SSSR count). The lowest BCUT2D eigenvalue weighted by atomic mass is 10.3. The van der Waals surface area contributed by atoms with Crippen LogP contribution in [0.5, 0.6) is 0 Å². The molecule has 0 atom stereocenters. The monoisotopic (exact) mass is 313 g/mol. The lowest BCUT2D eigenvalue weighted by Gasteiger charge is -2.28. The van der Waals surface area contributed by atoms with Crippen molar-refractivity contribution in [3.8, 4) is 0 Å². The van der Waals surface area contributed by atoms with E-state index >= 15 is 0 Å². The Hall–Kier alpha value is -1.37. The normalized spacial score (nSPS) is 15.4. The number of nitrogens with zero attached hydrogens (tertiary/aromatic N) is 3. The van der Waals surface area contributed by atoms with Gasteiger partial charge in [-0.15, -0.1) is 0 Å². The lowest BCUT2D eigenvalue weighted by molar-refractivity contribution is -0.120. The van der Waals surface area contributed by atoms with Crippen LogP contribution in [0.2, 0.25) is 0 Å². The highest BCUT2D eigenvalue weighted by Gasteiger charge is 2.21. The number of aromatic nitrogens is 2. The van der Waals surface area contributed by atoms with E-state index in [9.17, 15) is 4.79 Å². The zero-order chi connectivity index (χ0) is 13.0. The summed E-state index contributed by atoms with van der Waals surface area (Å²) in [7, 11) is 0. The van der Waals surface area contributed by atoms with Crippen LogP contribution in [0.1, 0.15) is 13.3 Å². The fraction of sp³-hybridized carbons (Fsp3) is 0.545. The molecule has 18 heavy (non-hydrogen) atoms. The van der Waals surface area contributed by atoms with Gasteiger partial charge in [-0.05, 0) is 22.4 Å². The maximum absolute atomic E-state index is 11.4. The van der Waals surface area contributed by atoms with Gasteiger partial charge in [0.1, 0.15) is 22.4 Å². The third-order valence-corrected chi connectivity index (χ3v) is 3.38. The van der Waals surface area contributed by atoms with E-state index in [-0.39, 0.29) is 5.91 Å². The molecule has 0 aliphatic carbocycles. The largest absolute Gasteiger partial charge is 0.369 e. The van der Waals surface area contributed by atoms with Crippen LogP contribution in [0.15, 0.2) is 10.8 Å². The van der Waals surface area contributed by atoms with Crippen LogP contribution < -0.4 is 15.5 Å².